The number of hydrogen-bond acceptors (Lipinski definition) is 2. The molecule has 3 N–H and O–H groups in total. The van der Waals surface area contributed by atoms with Crippen molar-refractivity contribution in [1.82, 2.24) is 16.0 Å². The topological polar surface area (TPSA) is 65.5 Å². The minimum Gasteiger partial charge on any atom is -0.355 e. The van der Waals surface area contributed by atoms with Gasteiger partial charge in [0.05, 0.1) is 6.54 Å². The van der Waals surface area contributed by atoms with Crippen LogP contribution in [0.2, 0.25) is 0 Å². The zero-order chi connectivity index (χ0) is 15.7. The van der Waals surface area contributed by atoms with Crippen LogP contribution in [0, 0.1) is 11.6 Å². The van der Waals surface area contributed by atoms with Gasteiger partial charge in [-0.1, -0.05) is 6.92 Å². The Labute approximate surface area is 122 Å². The third kappa shape index (κ3) is 6.20. The van der Waals surface area contributed by atoms with Crippen LogP contribution in [-0.4, -0.2) is 32.0 Å². The lowest BCUT2D eigenvalue weighted by atomic mass is 10.2. The fourth-order valence-corrected chi connectivity index (χ4v) is 1.57. The first kappa shape index (κ1) is 16.9. The highest BCUT2D eigenvalue weighted by atomic mass is 19.1. The normalized spacial score (nSPS) is 11.1. The number of carbonyl (C=O) groups is 1. The predicted octanol–water partition coefficient (Wildman–Crippen LogP) is 1.16. The number of nitrogens with zero attached hydrogens (tertiary/aromatic N) is 1. The summed E-state index contributed by atoms with van der Waals surface area (Å²) in [6.45, 7) is 2.70. The van der Waals surface area contributed by atoms with E-state index in [1.54, 1.807) is 0 Å². The molecule has 0 atom stereocenters. The molecule has 0 aliphatic carbocycles. The highest BCUT2D eigenvalue weighted by Gasteiger charge is 2.06. The number of rotatable bonds is 6. The molecular formula is C14H20F2N4O. The van der Waals surface area contributed by atoms with Crippen molar-refractivity contribution in [2.24, 2.45) is 4.99 Å². The minimum atomic E-state index is -0.505. The van der Waals surface area contributed by atoms with Gasteiger partial charge in [-0.15, -0.1) is 0 Å². The van der Waals surface area contributed by atoms with Crippen molar-refractivity contribution in [2.45, 2.75) is 19.9 Å². The first-order chi connectivity index (χ1) is 10.1. The van der Waals surface area contributed by atoms with Crippen LogP contribution < -0.4 is 16.0 Å². The SMILES string of the molecule is CCCNC(=O)CNC(=NC)NCc1cc(F)ccc1F. The van der Waals surface area contributed by atoms with Crippen molar-refractivity contribution in [3.8, 4) is 0 Å². The number of halogens is 2. The summed E-state index contributed by atoms with van der Waals surface area (Å²) in [6.07, 6.45) is 0.859. The molecule has 116 valence electrons. The molecule has 0 bridgehead atoms. The molecule has 0 saturated heterocycles. The van der Waals surface area contributed by atoms with E-state index in [0.717, 1.165) is 24.6 Å². The van der Waals surface area contributed by atoms with Gasteiger partial charge in [-0.25, -0.2) is 8.78 Å². The van der Waals surface area contributed by atoms with E-state index in [-0.39, 0.29) is 24.6 Å². The van der Waals surface area contributed by atoms with E-state index in [1.165, 1.54) is 7.05 Å². The molecule has 7 heteroatoms. The Morgan fingerprint density at radius 2 is 2.00 bits per heavy atom. The van der Waals surface area contributed by atoms with Crippen LogP contribution >= 0.6 is 0 Å². The maximum Gasteiger partial charge on any atom is 0.239 e. The molecule has 0 saturated carbocycles. The molecule has 1 aromatic carbocycles. The van der Waals surface area contributed by atoms with Gasteiger partial charge in [-0.2, -0.15) is 0 Å². The third-order valence-corrected chi connectivity index (χ3v) is 2.67. The molecule has 0 heterocycles. The smallest absolute Gasteiger partial charge is 0.239 e. The number of amides is 1. The molecular weight excluding hydrogens is 278 g/mol. The lowest BCUT2D eigenvalue weighted by Crippen LogP contribution is -2.43. The van der Waals surface area contributed by atoms with E-state index in [0.29, 0.717) is 12.5 Å². The largest absolute Gasteiger partial charge is 0.355 e. The lowest BCUT2D eigenvalue weighted by Gasteiger charge is -2.12. The van der Waals surface area contributed by atoms with Gasteiger partial charge in [0.15, 0.2) is 5.96 Å². The second-order valence-electron chi connectivity index (χ2n) is 4.37. The Balaban J connectivity index is 2.44. The summed E-state index contributed by atoms with van der Waals surface area (Å²) < 4.78 is 26.5. The Hall–Kier alpha value is -2.18. The Morgan fingerprint density at radius 1 is 1.24 bits per heavy atom. The van der Waals surface area contributed by atoms with Crippen molar-refractivity contribution in [1.29, 1.82) is 0 Å². The van der Waals surface area contributed by atoms with Gasteiger partial charge in [0.1, 0.15) is 11.6 Å². The van der Waals surface area contributed by atoms with Gasteiger partial charge in [0, 0.05) is 25.7 Å². The molecule has 0 aliphatic rings. The van der Waals surface area contributed by atoms with E-state index in [4.69, 9.17) is 0 Å². The van der Waals surface area contributed by atoms with Crippen LogP contribution in [-0.2, 0) is 11.3 Å². The Morgan fingerprint density at radius 3 is 2.67 bits per heavy atom. The Kier molecular flexibility index (Phi) is 7.14. The van der Waals surface area contributed by atoms with Gasteiger partial charge in [-0.05, 0) is 24.6 Å². The van der Waals surface area contributed by atoms with Crippen LogP contribution in [0.4, 0.5) is 8.78 Å². The first-order valence-electron chi connectivity index (χ1n) is 6.72. The van der Waals surface area contributed by atoms with Crippen molar-refractivity contribution >= 4 is 11.9 Å². The molecule has 5 nitrogen and oxygen atoms in total. The van der Waals surface area contributed by atoms with Gasteiger partial charge in [0.2, 0.25) is 5.91 Å². The number of carbonyl (C=O) groups excluding carboxylic acids is 1. The summed E-state index contributed by atoms with van der Waals surface area (Å²) >= 11 is 0. The second-order valence-corrected chi connectivity index (χ2v) is 4.37. The maximum atomic E-state index is 13.4. The lowest BCUT2D eigenvalue weighted by molar-refractivity contribution is -0.120. The van der Waals surface area contributed by atoms with Gasteiger partial charge in [-0.3, -0.25) is 9.79 Å². The van der Waals surface area contributed by atoms with E-state index < -0.39 is 11.6 Å². The number of nitrogens with one attached hydrogen (secondary N) is 3. The molecule has 0 spiro atoms. The molecule has 0 aliphatic heterocycles. The van der Waals surface area contributed by atoms with E-state index in [2.05, 4.69) is 20.9 Å². The minimum absolute atomic E-state index is 0.0608. The summed E-state index contributed by atoms with van der Waals surface area (Å²) in [5, 5.41) is 8.32. The monoisotopic (exact) mass is 298 g/mol. The van der Waals surface area contributed by atoms with Crippen molar-refractivity contribution < 1.29 is 13.6 Å². The summed E-state index contributed by atoms with van der Waals surface area (Å²) in [4.78, 5) is 15.3. The number of guanidine groups is 1. The Bertz CT molecular complexity index is 506. The van der Waals surface area contributed by atoms with Crippen LogP contribution in [0.3, 0.4) is 0 Å². The molecule has 1 amide bonds. The van der Waals surface area contributed by atoms with Crippen LogP contribution in [0.15, 0.2) is 23.2 Å². The zero-order valence-corrected chi connectivity index (χ0v) is 12.2. The highest BCUT2D eigenvalue weighted by Crippen LogP contribution is 2.08. The van der Waals surface area contributed by atoms with Crippen LogP contribution in [0.1, 0.15) is 18.9 Å². The molecule has 0 unspecified atom stereocenters. The maximum absolute atomic E-state index is 13.4. The van der Waals surface area contributed by atoms with E-state index in [9.17, 15) is 13.6 Å². The van der Waals surface area contributed by atoms with Crippen molar-refractivity contribution in [3.63, 3.8) is 0 Å². The second kappa shape index (κ2) is 8.89. The molecule has 21 heavy (non-hydrogen) atoms. The summed E-state index contributed by atoms with van der Waals surface area (Å²) in [7, 11) is 1.53. The fourth-order valence-electron chi connectivity index (χ4n) is 1.57. The van der Waals surface area contributed by atoms with Gasteiger partial charge >= 0.3 is 0 Å². The van der Waals surface area contributed by atoms with Crippen LogP contribution in [0.25, 0.3) is 0 Å². The first-order valence-corrected chi connectivity index (χ1v) is 6.72. The summed E-state index contributed by atoms with van der Waals surface area (Å²) in [6, 6.07) is 3.24. The van der Waals surface area contributed by atoms with E-state index >= 15 is 0 Å². The molecule has 1 aromatic rings. The average Bonchev–Trinajstić information content (AvgIpc) is 2.48. The van der Waals surface area contributed by atoms with Crippen molar-refractivity contribution in [2.75, 3.05) is 20.1 Å². The summed E-state index contributed by atoms with van der Waals surface area (Å²) in [5.74, 6) is -0.822. The van der Waals surface area contributed by atoms with E-state index in [1.807, 2.05) is 6.92 Å². The van der Waals surface area contributed by atoms with Crippen molar-refractivity contribution in [3.05, 3.63) is 35.4 Å². The van der Waals surface area contributed by atoms with Crippen LogP contribution in [0.5, 0.6) is 0 Å². The standard InChI is InChI=1S/C14H20F2N4O/c1-3-6-18-13(21)9-20-14(17-2)19-8-10-7-11(15)4-5-12(10)16/h4-5,7H,3,6,8-9H2,1-2H3,(H,18,21)(H2,17,19,20). The third-order valence-electron chi connectivity index (χ3n) is 2.67. The zero-order valence-electron chi connectivity index (χ0n) is 12.2. The summed E-state index contributed by atoms with van der Waals surface area (Å²) in [5.41, 5.74) is 0.188. The molecule has 1 rings (SSSR count). The molecule has 0 fully saturated rings. The highest BCUT2D eigenvalue weighted by molar-refractivity contribution is 5.86. The number of benzene rings is 1. The fraction of sp³-hybridized carbons (Fsp3) is 0.429. The molecule has 0 radical (unpaired) electrons. The van der Waals surface area contributed by atoms with Gasteiger partial charge in [0.25, 0.3) is 0 Å². The average molecular weight is 298 g/mol. The number of hydrogen-bond donors (Lipinski definition) is 3. The molecule has 0 aromatic heterocycles. The number of aliphatic imine (C=N–C) groups is 1. The van der Waals surface area contributed by atoms with Gasteiger partial charge < -0.3 is 16.0 Å². The quantitative estimate of drug-likeness (QED) is 0.545. The predicted molar refractivity (Wildman–Crippen MR) is 77.9 cm³/mol.